The summed E-state index contributed by atoms with van der Waals surface area (Å²) in [7, 11) is -3.56. The van der Waals surface area contributed by atoms with Crippen LogP contribution in [0.15, 0.2) is 59.5 Å². The average Bonchev–Trinajstić information content (AvgIpc) is 2.53. The van der Waals surface area contributed by atoms with Crippen molar-refractivity contribution in [2.45, 2.75) is 4.90 Å². The first-order valence-electron chi connectivity index (χ1n) is 6.58. The van der Waals surface area contributed by atoms with Gasteiger partial charge >= 0.3 is 0 Å². The molecule has 2 aromatic rings. The number of nitrogens with one attached hydrogen (secondary N) is 2. The van der Waals surface area contributed by atoms with Crippen LogP contribution in [-0.4, -0.2) is 27.4 Å². The van der Waals surface area contributed by atoms with Gasteiger partial charge in [0.1, 0.15) is 0 Å². The lowest BCUT2D eigenvalue weighted by molar-refractivity contribution is 0.0954. The molecule has 0 atom stereocenters. The van der Waals surface area contributed by atoms with Crippen LogP contribution in [0.3, 0.4) is 0 Å². The zero-order valence-corrected chi connectivity index (χ0v) is 13.2. The van der Waals surface area contributed by atoms with Gasteiger partial charge in [0.2, 0.25) is 10.0 Å². The Kier molecular flexibility index (Phi) is 5.54. The molecule has 0 bridgehead atoms. The van der Waals surface area contributed by atoms with Gasteiger partial charge in [-0.25, -0.2) is 13.1 Å². The summed E-state index contributed by atoms with van der Waals surface area (Å²) in [5.41, 5.74) is 0.357. The highest BCUT2D eigenvalue weighted by Crippen LogP contribution is 2.14. The monoisotopic (exact) mass is 338 g/mol. The first-order chi connectivity index (χ1) is 10.5. The van der Waals surface area contributed by atoms with E-state index < -0.39 is 10.0 Å². The fraction of sp³-hybridized carbons (Fsp3) is 0.133. The van der Waals surface area contributed by atoms with Crippen molar-refractivity contribution in [1.29, 1.82) is 0 Å². The van der Waals surface area contributed by atoms with Crippen LogP contribution in [0, 0.1) is 0 Å². The molecule has 2 aromatic carbocycles. The van der Waals surface area contributed by atoms with Crippen molar-refractivity contribution in [3.63, 3.8) is 0 Å². The maximum absolute atomic E-state index is 12.0. The van der Waals surface area contributed by atoms with E-state index in [0.29, 0.717) is 10.6 Å². The van der Waals surface area contributed by atoms with E-state index in [9.17, 15) is 13.2 Å². The zero-order valence-electron chi connectivity index (χ0n) is 11.6. The topological polar surface area (TPSA) is 75.3 Å². The molecule has 0 aromatic heterocycles. The Morgan fingerprint density at radius 3 is 2.27 bits per heavy atom. The van der Waals surface area contributed by atoms with Gasteiger partial charge in [-0.1, -0.05) is 41.9 Å². The number of halogens is 1. The SMILES string of the molecule is O=C(NCCNS(=O)(=O)c1ccccc1)c1ccccc1Cl. The standard InChI is InChI=1S/C15H15ClN2O3S/c16-14-9-5-4-8-13(14)15(19)17-10-11-18-22(20,21)12-6-2-1-3-7-12/h1-9,18H,10-11H2,(H,17,19). The number of rotatable bonds is 6. The van der Waals surface area contributed by atoms with Gasteiger partial charge in [-0.2, -0.15) is 0 Å². The van der Waals surface area contributed by atoms with Gasteiger partial charge in [0, 0.05) is 13.1 Å². The summed E-state index contributed by atoms with van der Waals surface area (Å²) in [5.74, 6) is -0.343. The molecule has 116 valence electrons. The lowest BCUT2D eigenvalue weighted by atomic mass is 10.2. The third-order valence-electron chi connectivity index (χ3n) is 2.87. The molecule has 22 heavy (non-hydrogen) atoms. The Hall–Kier alpha value is -1.89. The van der Waals surface area contributed by atoms with E-state index in [2.05, 4.69) is 10.0 Å². The summed E-state index contributed by atoms with van der Waals surface area (Å²) >= 11 is 5.91. The molecule has 0 aliphatic rings. The Bertz CT molecular complexity index is 748. The molecule has 0 unspecified atom stereocenters. The van der Waals surface area contributed by atoms with Gasteiger partial charge < -0.3 is 5.32 Å². The lowest BCUT2D eigenvalue weighted by Crippen LogP contribution is -2.34. The van der Waals surface area contributed by atoms with Crippen molar-refractivity contribution < 1.29 is 13.2 Å². The van der Waals surface area contributed by atoms with Crippen LogP contribution in [0.25, 0.3) is 0 Å². The molecular formula is C15H15ClN2O3S. The summed E-state index contributed by atoms with van der Waals surface area (Å²) in [6, 6.07) is 14.7. The van der Waals surface area contributed by atoms with Crippen molar-refractivity contribution in [3.05, 3.63) is 65.2 Å². The number of benzene rings is 2. The molecule has 0 aliphatic carbocycles. The number of hydrogen-bond donors (Lipinski definition) is 2. The van der Waals surface area contributed by atoms with E-state index in [-0.39, 0.29) is 23.9 Å². The smallest absolute Gasteiger partial charge is 0.252 e. The van der Waals surface area contributed by atoms with Gasteiger partial charge in [0.25, 0.3) is 5.91 Å². The van der Waals surface area contributed by atoms with Crippen LogP contribution in [0.5, 0.6) is 0 Å². The van der Waals surface area contributed by atoms with Crippen molar-refractivity contribution in [3.8, 4) is 0 Å². The maximum Gasteiger partial charge on any atom is 0.252 e. The Balaban J connectivity index is 1.85. The Labute approximate surface area is 134 Å². The summed E-state index contributed by atoms with van der Waals surface area (Å²) < 4.78 is 26.3. The molecule has 5 nitrogen and oxygen atoms in total. The molecule has 0 saturated carbocycles. The number of carbonyl (C=O) groups excluding carboxylic acids is 1. The van der Waals surface area contributed by atoms with Crippen molar-refractivity contribution in [2.75, 3.05) is 13.1 Å². The van der Waals surface area contributed by atoms with Gasteiger partial charge in [0.05, 0.1) is 15.5 Å². The minimum absolute atomic E-state index is 0.0907. The third-order valence-corrected chi connectivity index (χ3v) is 4.68. The second-order valence-electron chi connectivity index (χ2n) is 4.45. The Morgan fingerprint density at radius 2 is 1.59 bits per heavy atom. The molecule has 2 rings (SSSR count). The van der Waals surface area contributed by atoms with Crippen molar-refractivity contribution >= 4 is 27.5 Å². The van der Waals surface area contributed by atoms with Gasteiger partial charge in [-0.3, -0.25) is 4.79 Å². The molecule has 0 fully saturated rings. The predicted molar refractivity (Wildman–Crippen MR) is 85.4 cm³/mol. The molecule has 7 heteroatoms. The fourth-order valence-electron chi connectivity index (χ4n) is 1.78. The lowest BCUT2D eigenvalue weighted by Gasteiger charge is -2.08. The van der Waals surface area contributed by atoms with Crippen LogP contribution in [0.1, 0.15) is 10.4 Å². The normalized spacial score (nSPS) is 11.1. The summed E-state index contributed by atoms with van der Waals surface area (Å²) in [6.45, 7) is 0.254. The maximum atomic E-state index is 12.0. The highest BCUT2D eigenvalue weighted by Gasteiger charge is 2.13. The fourth-order valence-corrected chi connectivity index (χ4v) is 3.06. The minimum atomic E-state index is -3.56. The quantitative estimate of drug-likeness (QED) is 0.791. The summed E-state index contributed by atoms with van der Waals surface area (Å²) in [5, 5.41) is 2.97. The van der Waals surface area contributed by atoms with E-state index in [1.807, 2.05) is 0 Å². The molecular weight excluding hydrogens is 324 g/mol. The number of amides is 1. The highest BCUT2D eigenvalue weighted by molar-refractivity contribution is 7.89. The largest absolute Gasteiger partial charge is 0.351 e. The molecule has 0 spiro atoms. The number of sulfonamides is 1. The average molecular weight is 339 g/mol. The summed E-state index contributed by atoms with van der Waals surface area (Å²) in [4.78, 5) is 12.1. The molecule has 0 aliphatic heterocycles. The molecule has 0 heterocycles. The van der Waals surface area contributed by atoms with E-state index in [0.717, 1.165) is 0 Å². The van der Waals surface area contributed by atoms with Gasteiger partial charge in [-0.15, -0.1) is 0 Å². The van der Waals surface area contributed by atoms with E-state index >= 15 is 0 Å². The van der Waals surface area contributed by atoms with Gasteiger partial charge in [-0.05, 0) is 24.3 Å². The second kappa shape index (κ2) is 7.40. The first kappa shape index (κ1) is 16.5. The van der Waals surface area contributed by atoms with Gasteiger partial charge in [0.15, 0.2) is 0 Å². The number of hydrogen-bond acceptors (Lipinski definition) is 3. The van der Waals surface area contributed by atoms with Crippen molar-refractivity contribution in [2.24, 2.45) is 0 Å². The highest BCUT2D eigenvalue weighted by atomic mass is 35.5. The Morgan fingerprint density at radius 1 is 0.955 bits per heavy atom. The van der Waals surface area contributed by atoms with E-state index in [1.165, 1.54) is 12.1 Å². The van der Waals surface area contributed by atoms with Crippen LogP contribution >= 0.6 is 11.6 Å². The van der Waals surface area contributed by atoms with Crippen molar-refractivity contribution in [1.82, 2.24) is 10.0 Å². The van der Waals surface area contributed by atoms with Crippen LogP contribution < -0.4 is 10.0 Å². The first-order valence-corrected chi connectivity index (χ1v) is 8.44. The molecule has 0 radical (unpaired) electrons. The third kappa shape index (κ3) is 4.30. The molecule has 0 saturated heterocycles. The number of carbonyl (C=O) groups is 1. The second-order valence-corrected chi connectivity index (χ2v) is 6.62. The molecule has 2 N–H and O–H groups in total. The molecule has 1 amide bonds. The van der Waals surface area contributed by atoms with Crippen LogP contribution in [0.4, 0.5) is 0 Å². The van der Waals surface area contributed by atoms with E-state index in [4.69, 9.17) is 11.6 Å². The predicted octanol–water partition coefficient (Wildman–Crippen LogP) is 2.05. The zero-order chi connectivity index (χ0) is 16.0. The van der Waals surface area contributed by atoms with E-state index in [1.54, 1.807) is 42.5 Å². The van der Waals surface area contributed by atoms with Crippen LogP contribution in [0.2, 0.25) is 5.02 Å². The minimum Gasteiger partial charge on any atom is -0.351 e. The van der Waals surface area contributed by atoms with Crippen LogP contribution in [-0.2, 0) is 10.0 Å². The summed E-state index contributed by atoms with van der Waals surface area (Å²) in [6.07, 6.45) is 0.